The highest BCUT2D eigenvalue weighted by atomic mass is 19.1. The Morgan fingerprint density at radius 3 is 2.29 bits per heavy atom. The van der Waals surface area contributed by atoms with Crippen LogP contribution in [0.5, 0.6) is 0 Å². The van der Waals surface area contributed by atoms with Crippen molar-refractivity contribution in [1.82, 2.24) is 9.80 Å². The van der Waals surface area contributed by atoms with E-state index in [0.29, 0.717) is 50.5 Å². The van der Waals surface area contributed by atoms with E-state index in [9.17, 15) is 13.6 Å². The molecule has 1 saturated heterocycles. The van der Waals surface area contributed by atoms with Gasteiger partial charge in [-0.25, -0.2) is 8.78 Å². The number of carbonyl (C=O) groups is 1. The third kappa shape index (κ3) is 4.95. The molecule has 6 heteroatoms. The van der Waals surface area contributed by atoms with Gasteiger partial charge in [-0.1, -0.05) is 36.4 Å². The fourth-order valence-corrected chi connectivity index (χ4v) is 3.43. The number of anilines is 1. The zero-order chi connectivity index (χ0) is 19.9. The number of hydrogen-bond acceptors (Lipinski definition) is 3. The second-order valence-electron chi connectivity index (χ2n) is 6.87. The van der Waals surface area contributed by atoms with Crippen LogP contribution >= 0.6 is 0 Å². The Kier molecular flexibility index (Phi) is 6.76. The normalized spacial score (nSPS) is 14.4. The number of halogens is 2. The lowest BCUT2D eigenvalue weighted by molar-refractivity contribution is -0.132. The molecule has 1 aliphatic rings. The summed E-state index contributed by atoms with van der Waals surface area (Å²) in [5.74, 6) is -0.529. The summed E-state index contributed by atoms with van der Waals surface area (Å²) in [6, 6.07) is 13.3. The molecule has 2 aromatic carbocycles. The summed E-state index contributed by atoms with van der Waals surface area (Å²) in [5, 5.41) is 0. The lowest BCUT2D eigenvalue weighted by Crippen LogP contribution is -2.51. The molecule has 0 aliphatic carbocycles. The van der Waals surface area contributed by atoms with E-state index in [1.165, 1.54) is 12.1 Å². The van der Waals surface area contributed by atoms with Gasteiger partial charge < -0.3 is 9.80 Å². The summed E-state index contributed by atoms with van der Waals surface area (Å²) in [7, 11) is 0. The van der Waals surface area contributed by atoms with E-state index in [1.54, 1.807) is 41.3 Å². The second-order valence-corrected chi connectivity index (χ2v) is 6.87. The molecular formula is C22H25F2N3O. The molecule has 1 aliphatic heterocycles. The minimum atomic E-state index is -0.275. The molecule has 4 nitrogen and oxygen atoms in total. The van der Waals surface area contributed by atoms with E-state index in [4.69, 9.17) is 0 Å². The Morgan fingerprint density at radius 2 is 1.64 bits per heavy atom. The fourth-order valence-electron chi connectivity index (χ4n) is 3.43. The minimum absolute atomic E-state index is 0.00799. The highest BCUT2D eigenvalue weighted by molar-refractivity contribution is 5.78. The Labute approximate surface area is 164 Å². The van der Waals surface area contributed by atoms with Crippen LogP contribution in [0.4, 0.5) is 14.5 Å². The average molecular weight is 385 g/mol. The van der Waals surface area contributed by atoms with Gasteiger partial charge in [0.05, 0.1) is 12.2 Å². The number of para-hydroxylation sites is 1. The Morgan fingerprint density at radius 1 is 1.00 bits per heavy atom. The van der Waals surface area contributed by atoms with Crippen LogP contribution in [0, 0.1) is 11.6 Å². The largest absolute Gasteiger partial charge is 0.366 e. The Hall–Kier alpha value is -2.73. The molecular weight excluding hydrogens is 360 g/mol. The van der Waals surface area contributed by atoms with Crippen molar-refractivity contribution in [3.63, 3.8) is 0 Å². The minimum Gasteiger partial charge on any atom is -0.366 e. The van der Waals surface area contributed by atoms with E-state index < -0.39 is 0 Å². The first-order valence-corrected chi connectivity index (χ1v) is 9.42. The van der Waals surface area contributed by atoms with E-state index in [1.807, 2.05) is 15.9 Å². The number of benzene rings is 2. The van der Waals surface area contributed by atoms with Gasteiger partial charge in [-0.2, -0.15) is 0 Å². The zero-order valence-electron chi connectivity index (χ0n) is 15.9. The van der Waals surface area contributed by atoms with Crippen LogP contribution in [-0.2, 0) is 11.3 Å². The molecule has 3 rings (SSSR count). The number of nitrogens with zero attached hydrogens (tertiary/aromatic N) is 3. The maximum Gasteiger partial charge on any atom is 0.236 e. The molecule has 0 N–H and O–H groups in total. The van der Waals surface area contributed by atoms with Gasteiger partial charge in [0.1, 0.15) is 11.6 Å². The summed E-state index contributed by atoms with van der Waals surface area (Å²) in [5.41, 5.74) is 1.13. The van der Waals surface area contributed by atoms with Crippen LogP contribution in [0.15, 0.2) is 61.2 Å². The number of piperazine rings is 1. The number of amides is 1. The molecule has 0 aromatic heterocycles. The van der Waals surface area contributed by atoms with E-state index >= 15 is 0 Å². The predicted octanol–water partition coefficient (Wildman–Crippen LogP) is 3.30. The summed E-state index contributed by atoms with van der Waals surface area (Å²) >= 11 is 0. The molecule has 0 atom stereocenters. The lowest BCUT2D eigenvalue weighted by atomic mass is 10.2. The van der Waals surface area contributed by atoms with Crippen LogP contribution in [0.25, 0.3) is 0 Å². The molecule has 0 radical (unpaired) electrons. The molecule has 28 heavy (non-hydrogen) atoms. The van der Waals surface area contributed by atoms with Crippen LogP contribution in [0.2, 0.25) is 0 Å². The molecule has 148 valence electrons. The fraction of sp³-hybridized carbons (Fsp3) is 0.318. The number of rotatable bonds is 7. The van der Waals surface area contributed by atoms with Gasteiger partial charge in [0.25, 0.3) is 0 Å². The molecule has 0 unspecified atom stereocenters. The summed E-state index contributed by atoms with van der Waals surface area (Å²) in [6.07, 6.45) is 1.71. The zero-order valence-corrected chi connectivity index (χ0v) is 15.9. The molecule has 0 bridgehead atoms. The summed E-state index contributed by atoms with van der Waals surface area (Å²) in [6.45, 7) is 7.01. The van der Waals surface area contributed by atoms with Crippen LogP contribution < -0.4 is 4.90 Å². The van der Waals surface area contributed by atoms with Crippen molar-refractivity contribution in [1.29, 1.82) is 0 Å². The van der Waals surface area contributed by atoms with Crippen molar-refractivity contribution in [2.24, 2.45) is 0 Å². The van der Waals surface area contributed by atoms with E-state index in [0.717, 1.165) is 0 Å². The number of hydrogen-bond donors (Lipinski definition) is 0. The molecule has 1 fully saturated rings. The standard InChI is InChI=1S/C22H25F2N3O/c1-2-11-25(16-18-7-3-4-8-19(18)23)17-22(28)27-14-12-26(13-15-27)21-10-6-5-9-20(21)24/h2-10H,1,11-17H2. The average Bonchev–Trinajstić information content (AvgIpc) is 2.70. The third-order valence-electron chi connectivity index (χ3n) is 4.92. The molecule has 1 amide bonds. The molecule has 1 heterocycles. The molecule has 2 aromatic rings. The van der Waals surface area contributed by atoms with Crippen molar-refractivity contribution in [3.05, 3.63) is 78.4 Å². The van der Waals surface area contributed by atoms with Gasteiger partial charge in [-0.05, 0) is 18.2 Å². The monoisotopic (exact) mass is 385 g/mol. The van der Waals surface area contributed by atoms with Crippen LogP contribution in [-0.4, -0.2) is 55.0 Å². The summed E-state index contributed by atoms with van der Waals surface area (Å²) in [4.78, 5) is 18.3. The van der Waals surface area contributed by atoms with Gasteiger partial charge in [-0.3, -0.25) is 9.69 Å². The van der Waals surface area contributed by atoms with E-state index in [2.05, 4.69) is 6.58 Å². The highest BCUT2D eigenvalue weighted by Crippen LogP contribution is 2.20. The first-order chi connectivity index (χ1) is 13.6. The SMILES string of the molecule is C=CCN(CC(=O)N1CCN(c2ccccc2F)CC1)Cc1ccccc1F. The quantitative estimate of drug-likeness (QED) is 0.685. The molecule has 0 spiro atoms. The van der Waals surface area contributed by atoms with Gasteiger partial charge in [0.2, 0.25) is 5.91 Å². The van der Waals surface area contributed by atoms with Crippen LogP contribution in [0.3, 0.4) is 0 Å². The van der Waals surface area contributed by atoms with Gasteiger partial charge in [0.15, 0.2) is 0 Å². The maximum absolute atomic E-state index is 14.0. The van der Waals surface area contributed by atoms with Crippen LogP contribution in [0.1, 0.15) is 5.56 Å². The molecule has 0 saturated carbocycles. The number of carbonyl (C=O) groups excluding carboxylic acids is 1. The van der Waals surface area contributed by atoms with Gasteiger partial charge >= 0.3 is 0 Å². The first kappa shape index (κ1) is 20.0. The van der Waals surface area contributed by atoms with Crippen molar-refractivity contribution in [2.75, 3.05) is 44.2 Å². The summed E-state index contributed by atoms with van der Waals surface area (Å²) < 4.78 is 27.9. The second kappa shape index (κ2) is 9.46. The van der Waals surface area contributed by atoms with Gasteiger partial charge in [0, 0.05) is 44.8 Å². The first-order valence-electron chi connectivity index (χ1n) is 9.42. The topological polar surface area (TPSA) is 26.8 Å². The maximum atomic E-state index is 14.0. The highest BCUT2D eigenvalue weighted by Gasteiger charge is 2.24. The van der Waals surface area contributed by atoms with E-state index in [-0.39, 0.29) is 24.1 Å². The Balaban J connectivity index is 1.57. The van der Waals surface area contributed by atoms with Crippen molar-refractivity contribution in [3.8, 4) is 0 Å². The smallest absolute Gasteiger partial charge is 0.236 e. The van der Waals surface area contributed by atoms with Crippen molar-refractivity contribution in [2.45, 2.75) is 6.54 Å². The lowest BCUT2D eigenvalue weighted by Gasteiger charge is -2.37. The van der Waals surface area contributed by atoms with Gasteiger partial charge in [-0.15, -0.1) is 6.58 Å². The third-order valence-corrected chi connectivity index (χ3v) is 4.92. The van der Waals surface area contributed by atoms with Crippen molar-refractivity contribution >= 4 is 11.6 Å². The Bertz CT molecular complexity index is 819. The predicted molar refractivity (Wildman–Crippen MR) is 107 cm³/mol. The van der Waals surface area contributed by atoms with Crippen molar-refractivity contribution < 1.29 is 13.6 Å².